The molecule has 0 atom stereocenters. The predicted octanol–water partition coefficient (Wildman–Crippen LogP) is 2.81. The van der Waals surface area contributed by atoms with Crippen molar-refractivity contribution < 1.29 is 44.0 Å². The molecule has 25 heteroatoms. The summed E-state index contributed by atoms with van der Waals surface area (Å²) in [5.41, 5.74) is 9.07. The van der Waals surface area contributed by atoms with Crippen molar-refractivity contribution in [1.29, 1.82) is 0 Å². The number of aryl methyl sites for hydroxylation is 5. The number of fused-ring (bicyclic) bond motifs is 6. The number of carboxylic acid groups (broad SMARTS) is 3. The molecule has 6 heterocycles. The van der Waals surface area contributed by atoms with Crippen LogP contribution in [0, 0.1) is 34.6 Å². The number of aliphatic carboxylic acids is 3. The van der Waals surface area contributed by atoms with Crippen LogP contribution in [-0.2, 0) is 23.9 Å². The third-order valence-corrected chi connectivity index (χ3v) is 13.4. The number of rotatable bonds is 20. The summed E-state index contributed by atoms with van der Waals surface area (Å²) < 4.78 is 11.0. The third kappa shape index (κ3) is 14.6. The van der Waals surface area contributed by atoms with Crippen molar-refractivity contribution in [2.75, 3.05) is 61.2 Å². The SMILES string of the molecule is C=c1nc2c(c(=O)[nH]1)=Nc1cc(C)c(C)cc1N2CC(=O)NCCC(=O)O.C=c1nc2c(c(=O)[nH]1)=Nc1cc(C)c(C)cc1N2CCOCCCC(=O)O.C=c1nc2c(c(=O)[nH]1)=Nc1cc(C)c(OC)cc1N2CCCCCCC(=O)O. The number of hydrogen-bond donors (Lipinski definition) is 7. The summed E-state index contributed by atoms with van der Waals surface area (Å²) in [7, 11) is 1.62. The first-order chi connectivity index (χ1) is 39.0. The highest BCUT2D eigenvalue weighted by atomic mass is 16.5. The molecular weight excluding hydrogens is 1060 g/mol. The van der Waals surface area contributed by atoms with Crippen molar-refractivity contribution in [3.63, 3.8) is 0 Å². The summed E-state index contributed by atoms with van der Waals surface area (Å²) in [4.78, 5) is 121. The van der Waals surface area contributed by atoms with E-state index >= 15 is 0 Å². The van der Waals surface area contributed by atoms with Gasteiger partial charge in [-0.15, -0.1) is 0 Å². The lowest BCUT2D eigenvalue weighted by atomic mass is 10.1. The van der Waals surface area contributed by atoms with Gasteiger partial charge in [-0.1, -0.05) is 32.6 Å². The van der Waals surface area contributed by atoms with Gasteiger partial charge >= 0.3 is 17.9 Å². The molecule has 3 aliphatic rings. The molecule has 3 aliphatic heterocycles. The molecule has 82 heavy (non-hydrogen) atoms. The Morgan fingerprint density at radius 3 is 1.43 bits per heavy atom. The number of carbonyl (C=O) groups excluding carboxylic acids is 1. The average Bonchev–Trinajstić information content (AvgIpc) is 2.12. The monoisotopic (exact) mass is 1120 g/mol. The fourth-order valence-corrected chi connectivity index (χ4v) is 9.05. The van der Waals surface area contributed by atoms with Crippen molar-refractivity contribution in [2.45, 2.75) is 86.0 Å². The smallest absolute Gasteiger partial charge is 0.305 e. The number of carbonyl (C=O) groups is 4. The quantitative estimate of drug-likeness (QED) is 0.0540. The Morgan fingerprint density at radius 2 is 0.939 bits per heavy atom. The van der Waals surface area contributed by atoms with E-state index in [-0.39, 0.29) is 87.7 Å². The molecule has 9 rings (SSSR count). The van der Waals surface area contributed by atoms with Gasteiger partial charge in [-0.05, 0) is 112 Å². The number of methoxy groups -OCH3 is 1. The third-order valence-electron chi connectivity index (χ3n) is 13.4. The minimum atomic E-state index is -0.997. The molecular formula is C57H65N13O12. The van der Waals surface area contributed by atoms with Crippen molar-refractivity contribution >= 4 is 95.1 Å². The molecule has 0 aliphatic carbocycles. The Hall–Kier alpha value is -9.65. The van der Waals surface area contributed by atoms with Gasteiger partial charge in [0.2, 0.25) is 5.91 Å². The van der Waals surface area contributed by atoms with Crippen LogP contribution in [0.3, 0.4) is 0 Å². The molecule has 0 unspecified atom stereocenters. The Labute approximate surface area is 468 Å². The summed E-state index contributed by atoms with van der Waals surface area (Å²) in [6.45, 7) is 22.7. The molecule has 25 nitrogen and oxygen atoms in total. The number of nitrogens with zero attached hydrogens (tertiary/aromatic N) is 9. The molecule has 3 aromatic carbocycles. The predicted molar refractivity (Wildman–Crippen MR) is 307 cm³/mol. The summed E-state index contributed by atoms with van der Waals surface area (Å²) in [6, 6.07) is 11.5. The molecule has 0 saturated heterocycles. The number of nitrogens with one attached hydrogen (secondary N) is 4. The summed E-state index contributed by atoms with van der Waals surface area (Å²) in [6.07, 6.45) is 3.76. The highest BCUT2D eigenvalue weighted by Crippen LogP contribution is 2.40. The zero-order chi connectivity index (χ0) is 59.5. The molecule has 7 N–H and O–H groups in total. The summed E-state index contributed by atoms with van der Waals surface area (Å²) in [5, 5.41) is 29.3. The second-order valence-corrected chi connectivity index (χ2v) is 19.6. The van der Waals surface area contributed by atoms with E-state index in [1.807, 2.05) is 80.8 Å². The van der Waals surface area contributed by atoms with Gasteiger partial charge in [0.05, 0.1) is 54.3 Å². The first-order valence-electron chi connectivity index (χ1n) is 26.3. The fraction of sp³-hybridized carbons (Fsp3) is 0.351. The lowest BCUT2D eigenvalue weighted by Gasteiger charge is -2.28. The maximum absolute atomic E-state index is 12.4. The number of benzene rings is 3. The maximum Gasteiger partial charge on any atom is 0.305 e. The number of H-pyrrole nitrogens is 3. The van der Waals surface area contributed by atoms with E-state index in [1.165, 1.54) is 0 Å². The van der Waals surface area contributed by atoms with Crippen molar-refractivity contribution in [3.8, 4) is 5.75 Å². The number of aromatic nitrogens is 6. The van der Waals surface area contributed by atoms with Crippen molar-refractivity contribution in [2.24, 2.45) is 15.0 Å². The first-order valence-corrected chi connectivity index (χ1v) is 26.3. The van der Waals surface area contributed by atoms with Crippen LogP contribution in [0.25, 0.3) is 19.7 Å². The molecule has 0 fully saturated rings. The van der Waals surface area contributed by atoms with Gasteiger partial charge in [-0.25, -0.2) is 29.9 Å². The number of hydrogen-bond acceptors (Lipinski definition) is 18. The van der Waals surface area contributed by atoms with Gasteiger partial charge in [0.25, 0.3) is 16.7 Å². The number of ether oxygens (including phenoxy) is 2. The van der Waals surface area contributed by atoms with E-state index in [0.717, 1.165) is 64.2 Å². The Morgan fingerprint density at radius 1 is 0.524 bits per heavy atom. The number of unbranched alkanes of at least 4 members (excludes halogenated alkanes) is 3. The minimum absolute atomic E-state index is 0.0163. The summed E-state index contributed by atoms with van der Waals surface area (Å²) >= 11 is 0. The van der Waals surface area contributed by atoms with E-state index in [1.54, 1.807) is 12.0 Å². The number of carboxylic acids is 3. The maximum atomic E-state index is 12.4. The van der Waals surface area contributed by atoms with Crippen LogP contribution in [-0.4, -0.2) is 116 Å². The Kier molecular flexibility index (Phi) is 19.4. The normalized spacial score (nSPS) is 12.1. The van der Waals surface area contributed by atoms with Crippen LogP contribution in [0.1, 0.15) is 79.2 Å². The lowest BCUT2D eigenvalue weighted by molar-refractivity contribution is -0.138. The molecule has 1 amide bonds. The lowest BCUT2D eigenvalue weighted by Crippen LogP contribution is -2.45. The topological polar surface area (TPSA) is 344 Å². The molecule has 0 radical (unpaired) electrons. The minimum Gasteiger partial charge on any atom is -0.496 e. The fourth-order valence-electron chi connectivity index (χ4n) is 9.05. The molecule has 0 saturated carbocycles. The van der Waals surface area contributed by atoms with E-state index in [9.17, 15) is 33.6 Å². The second kappa shape index (κ2) is 26.5. The Balaban J connectivity index is 0.000000177. The van der Waals surface area contributed by atoms with Gasteiger partial charge in [0.15, 0.2) is 33.5 Å². The average molecular weight is 1120 g/mol. The first kappa shape index (κ1) is 60.0. The molecule has 0 bridgehead atoms. The van der Waals surface area contributed by atoms with Crippen molar-refractivity contribution in [1.82, 2.24) is 35.2 Å². The highest BCUT2D eigenvalue weighted by molar-refractivity contribution is 5.88. The summed E-state index contributed by atoms with van der Waals surface area (Å²) in [5.74, 6) is -1.07. The van der Waals surface area contributed by atoms with E-state index in [0.29, 0.717) is 73.5 Å². The van der Waals surface area contributed by atoms with E-state index < -0.39 is 23.5 Å². The second-order valence-electron chi connectivity index (χ2n) is 19.6. The molecule has 430 valence electrons. The van der Waals surface area contributed by atoms with Crippen LogP contribution < -0.4 is 73.9 Å². The van der Waals surface area contributed by atoms with Gasteiger partial charge in [-0.3, -0.25) is 33.6 Å². The largest absolute Gasteiger partial charge is 0.496 e. The Bertz CT molecular complexity index is 4030. The molecule has 6 aromatic rings. The number of anilines is 6. The standard InChI is InChI=1S/C20H24N4O4.C19H22N4O4.C18H19N5O4/c1-12-10-14-15(11-16(12)28-3)24(9-7-5-4-6-8-17(25)26)19-18(23-14)20(27)22-13(2)21-19;1-11-9-14-15(10-12(11)2)23(6-8-27-7-4-5-16(24)25)18-17(22-14)19(26)21-13(3)20-18;1-9-6-12-13(7-10(9)2)23(8-14(24)19-5-4-15(25)26)17-16(22-12)18(27)21-11(3)20-17/h10-11H,2,4-9H2,1,3H3,(H,22,27)(H,25,26);9-10H,3-8H2,1-2H3,(H,21,26)(H,24,25);6-7H,3-5,8H2,1-2H3,(H,19,24)(H,21,27)(H,25,26). The van der Waals surface area contributed by atoms with Crippen LogP contribution in [0.2, 0.25) is 0 Å². The zero-order valence-corrected chi connectivity index (χ0v) is 46.5. The van der Waals surface area contributed by atoms with Crippen molar-refractivity contribution in [3.05, 3.63) is 128 Å². The van der Waals surface area contributed by atoms with Gasteiger partial charge in [0, 0.05) is 45.1 Å². The molecule has 3 aromatic heterocycles. The zero-order valence-electron chi connectivity index (χ0n) is 46.5. The number of amides is 1. The van der Waals surface area contributed by atoms with E-state index in [2.05, 4.69) is 69.9 Å². The van der Waals surface area contributed by atoms with Crippen LogP contribution >= 0.6 is 0 Å². The van der Waals surface area contributed by atoms with Gasteiger partial charge in [0.1, 0.15) is 28.7 Å². The molecule has 0 spiro atoms. The van der Waals surface area contributed by atoms with Gasteiger partial charge in [-0.2, -0.15) is 0 Å². The highest BCUT2D eigenvalue weighted by Gasteiger charge is 2.28. The van der Waals surface area contributed by atoms with E-state index in [4.69, 9.17) is 24.8 Å². The van der Waals surface area contributed by atoms with Crippen LogP contribution in [0.15, 0.2) is 65.8 Å². The van der Waals surface area contributed by atoms with Gasteiger partial charge < -0.3 is 59.8 Å². The number of aromatic amines is 3. The van der Waals surface area contributed by atoms with Crippen LogP contribution in [0.4, 0.5) is 51.6 Å². The van der Waals surface area contributed by atoms with Crippen LogP contribution in [0.5, 0.6) is 5.75 Å².